The molecule has 1 aromatic rings. The van der Waals surface area contributed by atoms with E-state index in [2.05, 4.69) is 23.3 Å². The predicted molar refractivity (Wildman–Crippen MR) is 96.8 cm³/mol. The van der Waals surface area contributed by atoms with Crippen molar-refractivity contribution in [2.45, 2.75) is 37.6 Å². The van der Waals surface area contributed by atoms with Crippen LogP contribution < -0.4 is 16.4 Å². The lowest BCUT2D eigenvalue weighted by Gasteiger charge is -2.23. The number of aliphatic carboxylic acids is 1. The number of amides is 2. The lowest BCUT2D eigenvalue weighted by Crippen LogP contribution is -2.57. The van der Waals surface area contributed by atoms with Crippen LogP contribution in [0.3, 0.4) is 0 Å². The third-order valence-electron chi connectivity index (χ3n) is 3.59. The molecule has 0 fully saturated rings. The van der Waals surface area contributed by atoms with Crippen LogP contribution in [-0.4, -0.2) is 63.1 Å². The maximum atomic E-state index is 12.5. The van der Waals surface area contributed by atoms with Gasteiger partial charge < -0.3 is 31.7 Å². The van der Waals surface area contributed by atoms with Gasteiger partial charge in [0, 0.05) is 12.2 Å². The van der Waals surface area contributed by atoms with E-state index in [-0.39, 0.29) is 17.9 Å². The molecule has 2 amide bonds. The van der Waals surface area contributed by atoms with Gasteiger partial charge in [0.15, 0.2) is 6.04 Å². The minimum atomic E-state index is -1.53. The lowest BCUT2D eigenvalue weighted by atomic mass is 10.0. The van der Waals surface area contributed by atoms with Crippen LogP contribution in [0.25, 0.3) is 0 Å². The highest BCUT2D eigenvalue weighted by molar-refractivity contribution is 7.80. The van der Waals surface area contributed by atoms with Gasteiger partial charge in [-0.05, 0) is 24.6 Å². The van der Waals surface area contributed by atoms with Crippen LogP contribution in [0.2, 0.25) is 0 Å². The molecule has 26 heavy (non-hydrogen) atoms. The van der Waals surface area contributed by atoms with E-state index in [0.29, 0.717) is 5.56 Å². The molecule has 0 saturated carbocycles. The third kappa shape index (κ3) is 6.54. The van der Waals surface area contributed by atoms with Crippen molar-refractivity contribution in [1.82, 2.24) is 10.6 Å². The van der Waals surface area contributed by atoms with E-state index in [1.165, 1.54) is 19.1 Å². The molecular formula is C16H23N3O6S. The molecule has 7 N–H and O–H groups in total. The number of hydrogen-bond donors (Lipinski definition) is 7. The van der Waals surface area contributed by atoms with Crippen LogP contribution in [0, 0.1) is 0 Å². The summed E-state index contributed by atoms with van der Waals surface area (Å²) < 4.78 is 0. The summed E-state index contributed by atoms with van der Waals surface area (Å²) in [6.07, 6.45) is -1.30. The van der Waals surface area contributed by atoms with Crippen molar-refractivity contribution in [2.24, 2.45) is 5.73 Å². The Balaban J connectivity index is 2.97. The molecule has 4 unspecified atom stereocenters. The van der Waals surface area contributed by atoms with Gasteiger partial charge in [0.25, 0.3) is 0 Å². The second kappa shape index (κ2) is 10.00. The summed E-state index contributed by atoms with van der Waals surface area (Å²) in [7, 11) is 0. The Morgan fingerprint density at radius 3 is 2.19 bits per heavy atom. The highest BCUT2D eigenvalue weighted by Crippen LogP contribution is 2.12. The molecule has 0 aliphatic rings. The highest BCUT2D eigenvalue weighted by atomic mass is 32.1. The standard InChI is InChI=1S/C16H23N3O6S/c1-8(20)13(16(24)25)19-15(23)12(18-14(22)11(17)7-26)6-9-2-4-10(21)5-3-9/h2-5,8,11-13,20-21,26H,6-7,17H2,1H3,(H,18,22)(H,19,23)(H,24,25). The molecule has 144 valence electrons. The van der Waals surface area contributed by atoms with Crippen molar-refractivity contribution in [3.63, 3.8) is 0 Å². The Hall–Kier alpha value is -2.30. The summed E-state index contributed by atoms with van der Waals surface area (Å²) in [5.41, 5.74) is 6.21. The van der Waals surface area contributed by atoms with Crippen molar-refractivity contribution in [3.8, 4) is 5.75 Å². The molecular weight excluding hydrogens is 362 g/mol. The first-order valence-electron chi connectivity index (χ1n) is 7.81. The van der Waals surface area contributed by atoms with Gasteiger partial charge in [-0.15, -0.1) is 0 Å². The van der Waals surface area contributed by atoms with Gasteiger partial charge in [-0.1, -0.05) is 12.1 Å². The number of nitrogens with one attached hydrogen (secondary N) is 2. The van der Waals surface area contributed by atoms with Gasteiger partial charge in [0.2, 0.25) is 11.8 Å². The van der Waals surface area contributed by atoms with Gasteiger partial charge >= 0.3 is 5.97 Å². The van der Waals surface area contributed by atoms with Crippen LogP contribution in [0.4, 0.5) is 0 Å². The number of carboxylic acid groups (broad SMARTS) is 1. The highest BCUT2D eigenvalue weighted by Gasteiger charge is 2.30. The Kier molecular flexibility index (Phi) is 8.36. The van der Waals surface area contributed by atoms with Crippen LogP contribution in [0.5, 0.6) is 5.75 Å². The van der Waals surface area contributed by atoms with Crippen molar-refractivity contribution in [1.29, 1.82) is 0 Å². The summed E-state index contributed by atoms with van der Waals surface area (Å²) in [6, 6.07) is 2.36. The molecule has 1 rings (SSSR count). The maximum Gasteiger partial charge on any atom is 0.328 e. The summed E-state index contributed by atoms with van der Waals surface area (Å²) in [6.45, 7) is 1.23. The van der Waals surface area contributed by atoms with Crippen LogP contribution in [0.15, 0.2) is 24.3 Å². The van der Waals surface area contributed by atoms with Gasteiger partial charge in [-0.25, -0.2) is 4.79 Å². The van der Waals surface area contributed by atoms with E-state index in [9.17, 15) is 24.6 Å². The fourth-order valence-corrected chi connectivity index (χ4v) is 2.25. The SMILES string of the molecule is CC(O)C(NC(=O)C(Cc1ccc(O)cc1)NC(=O)C(N)CS)C(=O)O. The van der Waals surface area contributed by atoms with Gasteiger partial charge in [0.1, 0.15) is 11.8 Å². The number of carbonyl (C=O) groups excluding carboxylic acids is 2. The minimum absolute atomic E-state index is 0.0310. The third-order valence-corrected chi connectivity index (χ3v) is 3.98. The molecule has 0 heterocycles. The number of hydrogen-bond acceptors (Lipinski definition) is 7. The minimum Gasteiger partial charge on any atom is -0.508 e. The number of phenolic OH excluding ortho intramolecular Hbond substituents is 1. The number of aliphatic hydroxyl groups excluding tert-OH is 1. The number of aromatic hydroxyl groups is 1. The predicted octanol–water partition coefficient (Wildman–Crippen LogP) is -1.37. The van der Waals surface area contributed by atoms with Crippen molar-refractivity contribution in [3.05, 3.63) is 29.8 Å². The maximum absolute atomic E-state index is 12.5. The second-order valence-corrected chi connectivity index (χ2v) is 6.15. The topological polar surface area (TPSA) is 162 Å². The molecule has 0 saturated heterocycles. The summed E-state index contributed by atoms with van der Waals surface area (Å²) >= 11 is 3.92. The van der Waals surface area contributed by atoms with E-state index in [0.717, 1.165) is 0 Å². The zero-order valence-corrected chi connectivity index (χ0v) is 15.0. The van der Waals surface area contributed by atoms with Crippen LogP contribution in [-0.2, 0) is 20.8 Å². The average molecular weight is 385 g/mol. The molecule has 0 aliphatic heterocycles. The van der Waals surface area contributed by atoms with Crippen LogP contribution in [0.1, 0.15) is 12.5 Å². The van der Waals surface area contributed by atoms with Crippen molar-refractivity contribution in [2.75, 3.05) is 5.75 Å². The Morgan fingerprint density at radius 1 is 1.15 bits per heavy atom. The molecule has 10 heteroatoms. The van der Waals surface area contributed by atoms with Crippen LogP contribution >= 0.6 is 12.6 Å². The Labute approximate surface area is 156 Å². The monoisotopic (exact) mass is 385 g/mol. The zero-order chi connectivity index (χ0) is 19.9. The van der Waals surface area contributed by atoms with E-state index in [4.69, 9.17) is 10.8 Å². The number of rotatable bonds is 9. The molecule has 0 aliphatic carbocycles. The number of thiol groups is 1. The summed E-state index contributed by atoms with van der Waals surface area (Å²) in [5, 5.41) is 32.6. The average Bonchev–Trinajstić information content (AvgIpc) is 2.59. The normalized spacial score (nSPS) is 15.4. The van der Waals surface area contributed by atoms with E-state index < -0.39 is 42.0 Å². The molecule has 0 aromatic heterocycles. The molecule has 9 nitrogen and oxygen atoms in total. The lowest BCUT2D eigenvalue weighted by molar-refractivity contribution is -0.145. The second-order valence-electron chi connectivity index (χ2n) is 5.79. The first-order chi connectivity index (χ1) is 12.1. The molecule has 0 radical (unpaired) electrons. The largest absolute Gasteiger partial charge is 0.508 e. The quantitative estimate of drug-likeness (QED) is 0.258. The zero-order valence-electron chi connectivity index (χ0n) is 14.1. The molecule has 0 bridgehead atoms. The number of phenols is 1. The Morgan fingerprint density at radius 2 is 1.73 bits per heavy atom. The smallest absolute Gasteiger partial charge is 0.328 e. The van der Waals surface area contributed by atoms with Crippen molar-refractivity contribution >= 4 is 30.4 Å². The number of carbonyl (C=O) groups is 3. The fraction of sp³-hybridized carbons (Fsp3) is 0.438. The summed E-state index contributed by atoms with van der Waals surface area (Å²) in [4.78, 5) is 35.6. The van der Waals surface area contributed by atoms with E-state index >= 15 is 0 Å². The summed E-state index contributed by atoms with van der Waals surface area (Å²) in [5.74, 6) is -2.72. The first-order valence-corrected chi connectivity index (χ1v) is 8.45. The van der Waals surface area contributed by atoms with E-state index in [1.54, 1.807) is 12.1 Å². The number of carboxylic acids is 1. The number of aliphatic hydroxyl groups is 1. The number of benzene rings is 1. The van der Waals surface area contributed by atoms with Gasteiger partial charge in [0.05, 0.1) is 12.1 Å². The van der Waals surface area contributed by atoms with Crippen molar-refractivity contribution < 1.29 is 29.7 Å². The Bertz CT molecular complexity index is 637. The fourth-order valence-electron chi connectivity index (χ4n) is 2.08. The first kappa shape index (κ1) is 21.7. The molecule has 1 aromatic carbocycles. The van der Waals surface area contributed by atoms with E-state index in [1.807, 2.05) is 0 Å². The number of nitrogens with two attached hydrogens (primary N) is 1. The van der Waals surface area contributed by atoms with Gasteiger partial charge in [-0.3, -0.25) is 9.59 Å². The van der Waals surface area contributed by atoms with Gasteiger partial charge in [-0.2, -0.15) is 12.6 Å². The molecule has 4 atom stereocenters. The molecule has 0 spiro atoms.